The van der Waals surface area contributed by atoms with E-state index in [1.165, 1.54) is 0 Å². The number of rotatable bonds is 0. The molecular formula is H5CaO4PZr. The molecule has 0 saturated carbocycles. The van der Waals surface area contributed by atoms with Gasteiger partial charge in [0.15, 0.2) is 0 Å². The van der Waals surface area contributed by atoms with Crippen LogP contribution < -0.4 is 0 Å². The molecule has 40 valence electrons. The van der Waals surface area contributed by atoms with Gasteiger partial charge in [-0.05, 0) is 0 Å². The molecule has 0 aliphatic carbocycles. The SMILES string of the molecule is O=P(O)(O)O.[Ca+2].[H-].[H-].[Zr]. The molecular weight excluding hydrogens is 226 g/mol. The van der Waals surface area contributed by atoms with E-state index in [0.29, 0.717) is 0 Å². The van der Waals surface area contributed by atoms with Crippen LogP contribution in [-0.2, 0) is 30.8 Å². The summed E-state index contributed by atoms with van der Waals surface area (Å²) < 4.78 is 8.88. The first-order chi connectivity index (χ1) is 2.00. The first-order valence-corrected chi connectivity index (χ1v) is 2.35. The Morgan fingerprint density at radius 1 is 1.29 bits per heavy atom. The molecule has 0 aromatic carbocycles. The van der Waals surface area contributed by atoms with Crippen LogP contribution in [0.4, 0.5) is 0 Å². The van der Waals surface area contributed by atoms with Crippen LogP contribution in [0.2, 0.25) is 0 Å². The van der Waals surface area contributed by atoms with E-state index in [-0.39, 0.29) is 66.8 Å². The van der Waals surface area contributed by atoms with Gasteiger partial charge in [0.05, 0.1) is 0 Å². The van der Waals surface area contributed by atoms with E-state index >= 15 is 0 Å². The Hall–Kier alpha value is 2.25. The van der Waals surface area contributed by atoms with Crippen LogP contribution in [-0.4, -0.2) is 52.4 Å². The van der Waals surface area contributed by atoms with Crippen LogP contribution >= 0.6 is 7.82 Å². The van der Waals surface area contributed by atoms with Gasteiger partial charge in [0.1, 0.15) is 0 Å². The fourth-order valence-electron chi connectivity index (χ4n) is 0. The van der Waals surface area contributed by atoms with Gasteiger partial charge in [-0.3, -0.25) is 0 Å². The fraction of sp³-hybridized carbons (Fsp3) is 0. The second-order valence-electron chi connectivity index (χ2n) is 0.513. The minimum Gasteiger partial charge on any atom is -1.00 e. The normalized spacial score (nSPS) is 8.43. The van der Waals surface area contributed by atoms with Crippen molar-refractivity contribution >= 4 is 45.6 Å². The molecule has 0 heterocycles. The summed E-state index contributed by atoms with van der Waals surface area (Å²) in [6.45, 7) is 0. The Bertz CT molecular complexity index is 64.7. The summed E-state index contributed by atoms with van der Waals surface area (Å²) in [7, 11) is -4.64. The summed E-state index contributed by atoms with van der Waals surface area (Å²) in [5.41, 5.74) is 0. The smallest absolute Gasteiger partial charge is 1.00 e. The molecule has 0 aromatic heterocycles. The second-order valence-corrected chi connectivity index (χ2v) is 1.54. The Kier molecular flexibility index (Phi) is 14.7. The minimum absolute atomic E-state index is 0. The van der Waals surface area contributed by atoms with Crippen molar-refractivity contribution in [3.63, 3.8) is 0 Å². The summed E-state index contributed by atoms with van der Waals surface area (Å²) >= 11 is 0. The van der Waals surface area contributed by atoms with Crippen LogP contribution in [0, 0.1) is 0 Å². The van der Waals surface area contributed by atoms with Gasteiger partial charge in [-0.2, -0.15) is 0 Å². The Balaban J connectivity index is -0.0000000133. The molecule has 0 spiro atoms. The zero-order valence-corrected chi connectivity index (χ0v) is 8.97. The number of hydrogen-bond acceptors (Lipinski definition) is 1. The first kappa shape index (κ1) is 16.1. The van der Waals surface area contributed by atoms with Crippen LogP contribution in [0.3, 0.4) is 0 Å². The van der Waals surface area contributed by atoms with E-state index in [4.69, 9.17) is 19.2 Å². The van der Waals surface area contributed by atoms with Crippen molar-refractivity contribution in [2.24, 2.45) is 0 Å². The van der Waals surface area contributed by atoms with Crippen molar-refractivity contribution in [2.45, 2.75) is 0 Å². The molecule has 4 nitrogen and oxygen atoms in total. The van der Waals surface area contributed by atoms with E-state index in [0.717, 1.165) is 0 Å². The molecule has 0 bridgehead atoms. The van der Waals surface area contributed by atoms with Gasteiger partial charge in [-0.15, -0.1) is 0 Å². The monoisotopic (exact) mass is 230 g/mol. The largest absolute Gasteiger partial charge is 2.00 e. The summed E-state index contributed by atoms with van der Waals surface area (Å²) in [6.07, 6.45) is 0. The molecule has 0 aliphatic heterocycles. The first-order valence-electron chi connectivity index (χ1n) is 0.783. The summed E-state index contributed by atoms with van der Waals surface area (Å²) in [5.74, 6) is 0. The van der Waals surface area contributed by atoms with Gasteiger partial charge in [0.2, 0.25) is 0 Å². The molecule has 0 unspecified atom stereocenters. The Morgan fingerprint density at radius 3 is 1.29 bits per heavy atom. The van der Waals surface area contributed by atoms with Crippen LogP contribution in [0.15, 0.2) is 0 Å². The van der Waals surface area contributed by atoms with Gasteiger partial charge in [-0.25, -0.2) is 4.57 Å². The number of phosphoric acid groups is 1. The molecule has 0 rings (SSSR count). The predicted molar refractivity (Wildman–Crippen MR) is 22.2 cm³/mol. The molecule has 3 N–H and O–H groups in total. The van der Waals surface area contributed by atoms with Crippen LogP contribution in [0.5, 0.6) is 0 Å². The summed E-state index contributed by atoms with van der Waals surface area (Å²) in [4.78, 5) is 21.6. The number of hydrogen-bond donors (Lipinski definition) is 3. The molecule has 7 heteroatoms. The van der Waals surface area contributed by atoms with Crippen LogP contribution in [0.1, 0.15) is 2.85 Å². The van der Waals surface area contributed by atoms with Crippen molar-refractivity contribution in [3.05, 3.63) is 0 Å². The zero-order chi connectivity index (χ0) is 4.50. The molecule has 0 fully saturated rings. The minimum atomic E-state index is -4.64. The molecule has 0 radical (unpaired) electrons. The van der Waals surface area contributed by atoms with Gasteiger partial charge in [0, 0.05) is 26.2 Å². The molecule has 0 saturated heterocycles. The molecule has 0 atom stereocenters. The molecule has 7 heavy (non-hydrogen) atoms. The third-order valence-corrected chi connectivity index (χ3v) is 0. The zero-order valence-electron chi connectivity index (χ0n) is 5.40. The summed E-state index contributed by atoms with van der Waals surface area (Å²) in [5, 5.41) is 0. The van der Waals surface area contributed by atoms with Gasteiger partial charge in [-0.1, -0.05) is 0 Å². The van der Waals surface area contributed by atoms with Crippen molar-refractivity contribution < 1.29 is 48.3 Å². The van der Waals surface area contributed by atoms with Crippen molar-refractivity contribution in [1.82, 2.24) is 0 Å². The van der Waals surface area contributed by atoms with Gasteiger partial charge < -0.3 is 17.5 Å². The summed E-state index contributed by atoms with van der Waals surface area (Å²) in [6, 6.07) is 0. The van der Waals surface area contributed by atoms with Crippen molar-refractivity contribution in [2.75, 3.05) is 0 Å². The molecule has 0 aliphatic rings. The van der Waals surface area contributed by atoms with E-state index in [1.54, 1.807) is 0 Å². The molecule has 0 amide bonds. The van der Waals surface area contributed by atoms with Crippen LogP contribution in [0.25, 0.3) is 0 Å². The van der Waals surface area contributed by atoms with Gasteiger partial charge in [0.25, 0.3) is 0 Å². The maximum atomic E-state index is 8.88. The maximum absolute atomic E-state index is 8.88. The van der Waals surface area contributed by atoms with Gasteiger partial charge >= 0.3 is 45.6 Å². The fourth-order valence-corrected chi connectivity index (χ4v) is 0. The average Bonchev–Trinajstić information content (AvgIpc) is 0.722. The van der Waals surface area contributed by atoms with E-state index in [9.17, 15) is 0 Å². The second kappa shape index (κ2) is 6.37. The molecule has 0 aromatic rings. The Morgan fingerprint density at radius 2 is 1.29 bits per heavy atom. The predicted octanol–water partition coefficient (Wildman–Crippen LogP) is -1.09. The third-order valence-electron chi connectivity index (χ3n) is 0. The maximum Gasteiger partial charge on any atom is 2.00 e. The Labute approximate surface area is 92.6 Å². The van der Waals surface area contributed by atoms with Crippen molar-refractivity contribution in [3.8, 4) is 0 Å². The van der Waals surface area contributed by atoms with E-state index in [1.807, 2.05) is 0 Å². The van der Waals surface area contributed by atoms with E-state index in [2.05, 4.69) is 0 Å². The average molecular weight is 231 g/mol. The standard InChI is InChI=1S/Ca.H3O4P.Zr.2H/c;1-5(2,3)4;;;/h;(H3,1,2,3,4);;;/q+2;;;2*-1. The van der Waals surface area contributed by atoms with Crippen molar-refractivity contribution in [1.29, 1.82) is 0 Å². The quantitative estimate of drug-likeness (QED) is 0.366. The topological polar surface area (TPSA) is 77.8 Å². The third kappa shape index (κ3) is 63.6. The van der Waals surface area contributed by atoms with E-state index < -0.39 is 7.82 Å².